The number of imidazole rings is 1. The van der Waals surface area contributed by atoms with Crippen molar-refractivity contribution in [3.63, 3.8) is 0 Å². The highest BCUT2D eigenvalue weighted by Crippen LogP contribution is 2.18. The fraction of sp³-hybridized carbons (Fsp3) is 0.471. The summed E-state index contributed by atoms with van der Waals surface area (Å²) < 4.78 is 29.3. The fourth-order valence-corrected chi connectivity index (χ4v) is 4.42. The lowest BCUT2D eigenvalue weighted by molar-refractivity contribution is 0.269. The molecule has 1 aromatic heterocycles. The van der Waals surface area contributed by atoms with Crippen LogP contribution in [0.25, 0.3) is 0 Å². The second kappa shape index (κ2) is 7.04. The summed E-state index contributed by atoms with van der Waals surface area (Å²) in [6, 6.07) is 7.08. The number of sulfonamides is 1. The van der Waals surface area contributed by atoms with Gasteiger partial charge in [-0.3, -0.25) is 4.90 Å². The van der Waals surface area contributed by atoms with Crippen LogP contribution in [0.3, 0.4) is 0 Å². The second-order valence-corrected chi connectivity index (χ2v) is 8.24. The molecule has 130 valence electrons. The summed E-state index contributed by atoms with van der Waals surface area (Å²) in [5, 5.41) is 0. The van der Waals surface area contributed by atoms with E-state index in [1.165, 1.54) is 0 Å². The van der Waals surface area contributed by atoms with E-state index in [9.17, 15) is 8.42 Å². The summed E-state index contributed by atoms with van der Waals surface area (Å²) in [6.45, 7) is 5.39. The van der Waals surface area contributed by atoms with Crippen LogP contribution in [0.4, 0.5) is 0 Å². The van der Waals surface area contributed by atoms with E-state index >= 15 is 0 Å². The Morgan fingerprint density at radius 2 is 1.83 bits per heavy atom. The lowest BCUT2D eigenvalue weighted by atomic mass is 10.2. The van der Waals surface area contributed by atoms with Gasteiger partial charge in [0.2, 0.25) is 10.0 Å². The Labute approximate surface area is 143 Å². The Balaban J connectivity index is 1.68. The summed E-state index contributed by atoms with van der Waals surface area (Å²) in [4.78, 5) is 7.00. The quantitative estimate of drug-likeness (QED) is 0.843. The van der Waals surface area contributed by atoms with E-state index < -0.39 is 10.0 Å². The Hall–Kier alpha value is -1.70. The van der Waals surface area contributed by atoms with Crippen molar-refractivity contribution in [3.05, 3.63) is 48.0 Å². The molecule has 0 radical (unpaired) electrons. The van der Waals surface area contributed by atoms with Gasteiger partial charge < -0.3 is 4.57 Å². The monoisotopic (exact) mass is 348 g/mol. The topological polar surface area (TPSA) is 58.4 Å². The third kappa shape index (κ3) is 3.68. The SMILES string of the molecule is Cc1ccc(S(=O)(=O)N2CCCN(Cc3nccn3C)CC2)cc1. The number of hydrogen-bond donors (Lipinski definition) is 0. The molecule has 0 saturated carbocycles. The van der Waals surface area contributed by atoms with Crippen LogP contribution in [0.15, 0.2) is 41.6 Å². The van der Waals surface area contributed by atoms with Crippen molar-refractivity contribution < 1.29 is 8.42 Å². The number of aromatic nitrogens is 2. The molecule has 1 saturated heterocycles. The molecule has 7 heteroatoms. The maximum absolute atomic E-state index is 12.8. The first-order chi connectivity index (χ1) is 11.5. The summed E-state index contributed by atoms with van der Waals surface area (Å²) in [7, 11) is -1.43. The van der Waals surface area contributed by atoms with E-state index in [0.29, 0.717) is 18.0 Å². The number of nitrogens with zero attached hydrogens (tertiary/aromatic N) is 4. The van der Waals surface area contributed by atoms with Gasteiger partial charge in [-0.25, -0.2) is 13.4 Å². The van der Waals surface area contributed by atoms with Gasteiger partial charge in [-0.15, -0.1) is 0 Å². The molecule has 3 rings (SSSR count). The number of benzene rings is 1. The minimum Gasteiger partial charge on any atom is -0.337 e. The molecule has 0 bridgehead atoms. The second-order valence-electron chi connectivity index (χ2n) is 6.30. The highest BCUT2D eigenvalue weighted by molar-refractivity contribution is 7.89. The van der Waals surface area contributed by atoms with E-state index in [1.807, 2.05) is 36.9 Å². The van der Waals surface area contributed by atoms with E-state index in [-0.39, 0.29) is 0 Å². The largest absolute Gasteiger partial charge is 0.337 e. The molecule has 1 aliphatic rings. The molecule has 1 aliphatic heterocycles. The molecule has 24 heavy (non-hydrogen) atoms. The van der Waals surface area contributed by atoms with E-state index in [1.54, 1.807) is 22.6 Å². The molecule has 0 unspecified atom stereocenters. The third-order valence-electron chi connectivity index (χ3n) is 4.49. The minimum atomic E-state index is -3.41. The van der Waals surface area contributed by atoms with E-state index in [4.69, 9.17) is 0 Å². The average Bonchev–Trinajstić information content (AvgIpc) is 2.81. The van der Waals surface area contributed by atoms with Gasteiger partial charge in [0.1, 0.15) is 5.82 Å². The fourth-order valence-electron chi connectivity index (χ4n) is 2.95. The zero-order chi connectivity index (χ0) is 17.2. The zero-order valence-electron chi connectivity index (χ0n) is 14.2. The van der Waals surface area contributed by atoms with Crippen LogP contribution in [0.5, 0.6) is 0 Å². The van der Waals surface area contributed by atoms with Crippen LogP contribution in [-0.4, -0.2) is 53.4 Å². The third-order valence-corrected chi connectivity index (χ3v) is 6.41. The van der Waals surface area contributed by atoms with Gasteiger partial charge in [0.25, 0.3) is 0 Å². The zero-order valence-corrected chi connectivity index (χ0v) is 15.0. The van der Waals surface area contributed by atoms with Crippen molar-refractivity contribution >= 4 is 10.0 Å². The van der Waals surface area contributed by atoms with Crippen LogP contribution in [0.2, 0.25) is 0 Å². The van der Waals surface area contributed by atoms with Gasteiger partial charge >= 0.3 is 0 Å². The van der Waals surface area contributed by atoms with Crippen molar-refractivity contribution in [2.45, 2.75) is 24.8 Å². The standard InChI is InChI=1S/C17H24N4O2S/c1-15-4-6-16(7-5-15)24(22,23)21-10-3-9-20(12-13-21)14-17-18-8-11-19(17)2/h4-8,11H,3,9-10,12-14H2,1-2H3. The van der Waals surface area contributed by atoms with Crippen LogP contribution in [0, 0.1) is 6.92 Å². The predicted molar refractivity (Wildman–Crippen MR) is 93.0 cm³/mol. The smallest absolute Gasteiger partial charge is 0.243 e. The Morgan fingerprint density at radius 1 is 1.08 bits per heavy atom. The van der Waals surface area contributed by atoms with Gasteiger partial charge in [0, 0.05) is 39.1 Å². The summed E-state index contributed by atoms with van der Waals surface area (Å²) >= 11 is 0. The lowest BCUT2D eigenvalue weighted by Crippen LogP contribution is -2.35. The molecule has 1 aromatic carbocycles. The molecular weight excluding hydrogens is 324 g/mol. The highest BCUT2D eigenvalue weighted by Gasteiger charge is 2.27. The van der Waals surface area contributed by atoms with Crippen LogP contribution in [-0.2, 0) is 23.6 Å². The Morgan fingerprint density at radius 3 is 2.50 bits per heavy atom. The van der Waals surface area contributed by atoms with Gasteiger partial charge in [-0.2, -0.15) is 4.31 Å². The predicted octanol–water partition coefficient (Wildman–Crippen LogP) is 1.63. The first kappa shape index (κ1) is 17.1. The van der Waals surface area contributed by atoms with Gasteiger partial charge in [0.05, 0.1) is 11.4 Å². The summed E-state index contributed by atoms with van der Waals surface area (Å²) in [5.41, 5.74) is 1.06. The van der Waals surface area contributed by atoms with Crippen molar-refractivity contribution in [2.24, 2.45) is 7.05 Å². The van der Waals surface area contributed by atoms with E-state index in [2.05, 4.69) is 9.88 Å². The first-order valence-electron chi connectivity index (χ1n) is 8.22. The number of hydrogen-bond acceptors (Lipinski definition) is 4. The molecule has 0 N–H and O–H groups in total. The maximum Gasteiger partial charge on any atom is 0.243 e. The van der Waals surface area contributed by atoms with Crippen LogP contribution < -0.4 is 0 Å². The normalized spacial score (nSPS) is 17.8. The molecule has 0 atom stereocenters. The molecule has 0 amide bonds. The van der Waals surface area contributed by atoms with Gasteiger partial charge in [-0.1, -0.05) is 17.7 Å². The highest BCUT2D eigenvalue weighted by atomic mass is 32.2. The average molecular weight is 348 g/mol. The first-order valence-corrected chi connectivity index (χ1v) is 9.66. The lowest BCUT2D eigenvalue weighted by Gasteiger charge is -2.21. The van der Waals surface area contributed by atoms with Crippen molar-refractivity contribution in [2.75, 3.05) is 26.2 Å². The molecule has 1 fully saturated rings. The van der Waals surface area contributed by atoms with E-state index in [0.717, 1.165) is 37.4 Å². The Kier molecular flexibility index (Phi) is 5.03. The maximum atomic E-state index is 12.8. The van der Waals surface area contributed by atoms with Crippen LogP contribution >= 0.6 is 0 Å². The molecular formula is C17H24N4O2S. The van der Waals surface area contributed by atoms with Gasteiger partial charge in [-0.05, 0) is 32.0 Å². The number of rotatable bonds is 4. The Bertz CT molecular complexity index is 783. The molecule has 0 aliphatic carbocycles. The minimum absolute atomic E-state index is 0.380. The van der Waals surface area contributed by atoms with Crippen molar-refractivity contribution in [3.8, 4) is 0 Å². The molecule has 2 heterocycles. The van der Waals surface area contributed by atoms with Gasteiger partial charge in [0.15, 0.2) is 0 Å². The molecule has 0 spiro atoms. The van der Waals surface area contributed by atoms with Crippen molar-refractivity contribution in [1.82, 2.24) is 18.8 Å². The van der Waals surface area contributed by atoms with Crippen molar-refractivity contribution in [1.29, 1.82) is 0 Å². The summed E-state index contributed by atoms with van der Waals surface area (Å²) in [6.07, 6.45) is 4.55. The summed E-state index contributed by atoms with van der Waals surface area (Å²) in [5.74, 6) is 1.00. The molecule has 6 nitrogen and oxygen atoms in total. The van der Waals surface area contributed by atoms with Crippen LogP contribution in [0.1, 0.15) is 17.8 Å². The number of aryl methyl sites for hydroxylation is 2. The molecule has 2 aromatic rings.